The first-order valence-electron chi connectivity index (χ1n) is 9.04. The third-order valence-electron chi connectivity index (χ3n) is 4.38. The number of hydrogen-bond acceptors (Lipinski definition) is 5. The van der Waals surface area contributed by atoms with Crippen molar-refractivity contribution in [3.63, 3.8) is 0 Å². The summed E-state index contributed by atoms with van der Waals surface area (Å²) in [4.78, 5) is 24.4. The van der Waals surface area contributed by atoms with Crippen LogP contribution in [-0.2, 0) is 23.2 Å². The molecule has 1 N–H and O–H groups in total. The normalized spacial score (nSPS) is 11.3. The van der Waals surface area contributed by atoms with Gasteiger partial charge in [-0.25, -0.2) is 4.79 Å². The molecule has 150 valence electrons. The Morgan fingerprint density at radius 1 is 1.10 bits per heavy atom. The molecule has 7 heteroatoms. The summed E-state index contributed by atoms with van der Waals surface area (Å²) in [6.07, 6.45) is 0. The zero-order valence-corrected chi connectivity index (χ0v) is 17.3. The molecular weight excluding hydrogens is 388 g/mol. The minimum absolute atomic E-state index is 0.109. The van der Waals surface area contributed by atoms with Crippen LogP contribution in [0.3, 0.4) is 0 Å². The summed E-state index contributed by atoms with van der Waals surface area (Å²) in [5.41, 5.74) is 3.01. The number of nitrogens with zero attached hydrogens (tertiary/aromatic N) is 2. The smallest absolute Gasteiger partial charge is 0.338 e. The van der Waals surface area contributed by atoms with E-state index in [0.29, 0.717) is 5.56 Å². The van der Waals surface area contributed by atoms with Crippen LogP contribution in [0.2, 0.25) is 0 Å². The molecule has 0 bridgehead atoms. The number of carbonyl (C=O) groups is 2. The van der Waals surface area contributed by atoms with Gasteiger partial charge in [-0.15, -0.1) is 11.8 Å². The maximum atomic E-state index is 12.4. The van der Waals surface area contributed by atoms with E-state index in [1.54, 1.807) is 42.8 Å². The first kappa shape index (κ1) is 20.7. The lowest BCUT2D eigenvalue weighted by Crippen LogP contribution is -2.26. The molecular formula is C22H22N2O4S. The molecule has 0 radical (unpaired) electrons. The van der Waals surface area contributed by atoms with E-state index in [2.05, 4.69) is 5.10 Å². The number of aromatic nitrogens is 2. The minimum Gasteiger partial charge on any atom is -0.480 e. The van der Waals surface area contributed by atoms with Crippen molar-refractivity contribution in [1.82, 2.24) is 9.78 Å². The Bertz CT molecular complexity index is 1010. The fraction of sp³-hybridized carbons (Fsp3) is 0.227. The Morgan fingerprint density at radius 2 is 1.76 bits per heavy atom. The highest BCUT2D eigenvalue weighted by molar-refractivity contribution is 8.01. The average molecular weight is 410 g/mol. The van der Waals surface area contributed by atoms with Gasteiger partial charge in [0.05, 0.1) is 17.0 Å². The quantitative estimate of drug-likeness (QED) is 0.459. The van der Waals surface area contributed by atoms with Crippen LogP contribution in [-0.4, -0.2) is 31.6 Å². The number of carbonyl (C=O) groups excluding carboxylic acids is 1. The number of benzene rings is 2. The molecule has 29 heavy (non-hydrogen) atoms. The zero-order chi connectivity index (χ0) is 21.0. The largest absolute Gasteiger partial charge is 0.480 e. The summed E-state index contributed by atoms with van der Waals surface area (Å²) in [7, 11) is 1.81. The van der Waals surface area contributed by atoms with E-state index in [-0.39, 0.29) is 6.61 Å². The molecule has 0 fully saturated rings. The second kappa shape index (κ2) is 8.53. The van der Waals surface area contributed by atoms with Crippen LogP contribution in [0.25, 0.3) is 11.3 Å². The molecule has 0 aliphatic rings. The highest BCUT2D eigenvalue weighted by atomic mass is 32.2. The van der Waals surface area contributed by atoms with Crippen molar-refractivity contribution in [2.45, 2.75) is 30.1 Å². The van der Waals surface area contributed by atoms with Crippen molar-refractivity contribution in [1.29, 1.82) is 0 Å². The van der Waals surface area contributed by atoms with E-state index < -0.39 is 16.7 Å². The zero-order valence-electron chi connectivity index (χ0n) is 16.5. The van der Waals surface area contributed by atoms with Crippen LogP contribution < -0.4 is 0 Å². The topological polar surface area (TPSA) is 81.4 Å². The number of aryl methyl sites for hydroxylation is 1. The fourth-order valence-electron chi connectivity index (χ4n) is 2.61. The first-order chi connectivity index (χ1) is 13.8. The molecule has 6 nitrogen and oxygen atoms in total. The van der Waals surface area contributed by atoms with E-state index >= 15 is 0 Å². The van der Waals surface area contributed by atoms with Gasteiger partial charge in [0.25, 0.3) is 0 Å². The fourth-order valence-corrected chi connectivity index (χ4v) is 3.56. The summed E-state index contributed by atoms with van der Waals surface area (Å²) in [6, 6.07) is 18.4. The van der Waals surface area contributed by atoms with Crippen molar-refractivity contribution in [3.8, 4) is 11.3 Å². The third-order valence-corrected chi connectivity index (χ3v) is 5.57. The highest BCUT2D eigenvalue weighted by Crippen LogP contribution is 2.32. The van der Waals surface area contributed by atoms with E-state index in [1.165, 1.54) is 11.8 Å². The maximum absolute atomic E-state index is 12.4. The lowest BCUT2D eigenvalue weighted by molar-refractivity contribution is -0.138. The van der Waals surface area contributed by atoms with Crippen molar-refractivity contribution in [3.05, 3.63) is 71.9 Å². The number of ether oxygens (including phenoxy) is 1. The predicted octanol–water partition coefficient (Wildman–Crippen LogP) is 4.40. The minimum atomic E-state index is -0.946. The van der Waals surface area contributed by atoms with Crippen LogP contribution in [0.1, 0.15) is 29.9 Å². The number of esters is 1. The van der Waals surface area contributed by atoms with Gasteiger partial charge in [-0.1, -0.05) is 30.3 Å². The van der Waals surface area contributed by atoms with Crippen LogP contribution in [0.5, 0.6) is 0 Å². The van der Waals surface area contributed by atoms with Gasteiger partial charge in [0.1, 0.15) is 11.4 Å². The molecule has 0 saturated heterocycles. The molecule has 3 aromatic rings. The molecule has 0 unspecified atom stereocenters. The molecule has 1 aromatic heterocycles. The standard InChI is InChI=1S/C22H22N2O4S/c1-22(2,21(26)27)29-18-11-9-16(10-12-18)20(25)28-14-17-13-19(23-24(17)3)15-7-5-4-6-8-15/h4-13H,14H2,1-3H3,(H,26,27). The van der Waals surface area contributed by atoms with Gasteiger partial charge in [0.15, 0.2) is 0 Å². The van der Waals surface area contributed by atoms with Gasteiger partial charge < -0.3 is 9.84 Å². The molecule has 0 atom stereocenters. The van der Waals surface area contributed by atoms with Gasteiger partial charge in [-0.3, -0.25) is 9.48 Å². The second-order valence-corrected chi connectivity index (χ2v) is 8.72. The van der Waals surface area contributed by atoms with Crippen LogP contribution in [0.15, 0.2) is 65.6 Å². The summed E-state index contributed by atoms with van der Waals surface area (Å²) in [5, 5.41) is 13.7. The maximum Gasteiger partial charge on any atom is 0.338 e. The second-order valence-electron chi connectivity index (χ2n) is 7.03. The number of hydrogen-bond donors (Lipinski definition) is 1. The van der Waals surface area contributed by atoms with Gasteiger partial charge in [0.2, 0.25) is 0 Å². The Balaban J connectivity index is 1.63. The molecule has 2 aromatic carbocycles. The molecule has 0 amide bonds. The van der Waals surface area contributed by atoms with Gasteiger partial charge in [-0.2, -0.15) is 5.10 Å². The summed E-state index contributed by atoms with van der Waals surface area (Å²) >= 11 is 1.22. The molecule has 0 aliphatic carbocycles. The van der Waals surface area contributed by atoms with Crippen LogP contribution >= 0.6 is 11.8 Å². The predicted molar refractivity (Wildman–Crippen MR) is 112 cm³/mol. The number of thioether (sulfide) groups is 1. The van der Waals surface area contributed by atoms with Crippen molar-refractivity contribution in [2.24, 2.45) is 7.05 Å². The molecule has 0 spiro atoms. The highest BCUT2D eigenvalue weighted by Gasteiger charge is 2.28. The summed E-state index contributed by atoms with van der Waals surface area (Å²) in [5.74, 6) is -1.33. The lowest BCUT2D eigenvalue weighted by Gasteiger charge is -2.18. The monoisotopic (exact) mass is 410 g/mol. The third kappa shape index (κ3) is 5.06. The van der Waals surface area contributed by atoms with Crippen molar-refractivity contribution in [2.75, 3.05) is 0 Å². The summed E-state index contributed by atoms with van der Waals surface area (Å²) < 4.78 is 6.17. The molecule has 1 heterocycles. The number of carboxylic acid groups (broad SMARTS) is 1. The van der Waals surface area contributed by atoms with Crippen molar-refractivity contribution >= 4 is 23.7 Å². The van der Waals surface area contributed by atoms with Crippen LogP contribution in [0.4, 0.5) is 0 Å². The molecule has 3 rings (SSSR count). The Morgan fingerprint density at radius 3 is 2.38 bits per heavy atom. The Labute approximate surface area is 173 Å². The number of carboxylic acids is 1. The average Bonchev–Trinajstić information content (AvgIpc) is 3.07. The van der Waals surface area contributed by atoms with Gasteiger partial charge in [-0.05, 0) is 44.2 Å². The lowest BCUT2D eigenvalue weighted by atomic mass is 10.1. The van der Waals surface area contributed by atoms with Gasteiger partial charge >= 0.3 is 11.9 Å². The molecule has 0 aliphatic heterocycles. The Hall–Kier alpha value is -3.06. The van der Waals surface area contributed by atoms with E-state index in [4.69, 9.17) is 4.74 Å². The Kier molecular flexibility index (Phi) is 6.08. The van der Waals surface area contributed by atoms with Crippen LogP contribution in [0, 0.1) is 0 Å². The van der Waals surface area contributed by atoms with Crippen molar-refractivity contribution < 1.29 is 19.4 Å². The van der Waals surface area contributed by atoms with E-state index in [9.17, 15) is 14.7 Å². The van der Waals surface area contributed by atoms with E-state index in [0.717, 1.165) is 21.8 Å². The number of rotatable bonds is 7. The first-order valence-corrected chi connectivity index (χ1v) is 9.86. The summed E-state index contributed by atoms with van der Waals surface area (Å²) in [6.45, 7) is 3.39. The number of aliphatic carboxylic acids is 1. The van der Waals surface area contributed by atoms with E-state index in [1.807, 2.05) is 43.4 Å². The molecule has 0 saturated carbocycles. The SMILES string of the molecule is Cn1nc(-c2ccccc2)cc1COC(=O)c1ccc(SC(C)(C)C(=O)O)cc1. The van der Waals surface area contributed by atoms with Gasteiger partial charge in [0, 0.05) is 17.5 Å².